The van der Waals surface area contributed by atoms with Crippen molar-refractivity contribution in [3.63, 3.8) is 0 Å². The molecule has 0 aliphatic heterocycles. The fraction of sp³-hybridized carbons (Fsp3) is 0.491. The van der Waals surface area contributed by atoms with Crippen LogP contribution < -0.4 is 5.32 Å². The van der Waals surface area contributed by atoms with E-state index in [2.05, 4.69) is 41.7 Å². The Kier molecular flexibility index (Phi) is 29.4. The van der Waals surface area contributed by atoms with Crippen molar-refractivity contribution in [2.45, 2.75) is 89.3 Å². The van der Waals surface area contributed by atoms with Crippen molar-refractivity contribution >= 4 is 17.9 Å². The molecule has 0 heterocycles. The average Bonchev–Trinajstić information content (AvgIpc) is 3.34. The molecule has 0 aromatic heterocycles. The molecule has 1 atom stereocenters. The predicted octanol–water partition coefficient (Wildman–Crippen LogP) is 8.01. The van der Waals surface area contributed by atoms with Crippen LogP contribution in [0.15, 0.2) is 121 Å². The molecule has 0 saturated heterocycles. The lowest BCUT2D eigenvalue weighted by molar-refractivity contribution is -0.166. The predicted molar refractivity (Wildman–Crippen MR) is 251 cm³/mol. The van der Waals surface area contributed by atoms with Crippen molar-refractivity contribution in [1.29, 1.82) is 0 Å². The highest BCUT2D eigenvalue weighted by atomic mass is 16.7. The molecule has 0 fully saturated rings. The number of nitrogens with one attached hydrogen (secondary N) is 1. The minimum atomic E-state index is -0.778. The second-order valence-corrected chi connectivity index (χ2v) is 15.8. The molecule has 13 heteroatoms. The molecular formula is C53H71NO12. The van der Waals surface area contributed by atoms with E-state index in [9.17, 15) is 14.4 Å². The maximum absolute atomic E-state index is 12.8. The normalized spacial score (nSPS) is 11.7. The standard InChI is InChI=1S/C53H71NO12/c55-51(32-31-48-24-11-4-12-25-48)64-41-50(40-63-44-60-37-17-28-47-22-9-3-10-23-47)66-53(57)30-14-34-54-33-13-29-52(56)65-49(38-61-42-58-35-15-26-45-18-5-1-6-19-45)39-62-43-59-36-16-27-46-20-7-2-8-21-46/h1-12,18-25,49-50,54H,13-17,26-44H2. The van der Waals surface area contributed by atoms with Gasteiger partial charge in [-0.25, -0.2) is 0 Å². The Labute approximate surface area is 391 Å². The highest BCUT2D eigenvalue weighted by Crippen LogP contribution is 2.09. The van der Waals surface area contributed by atoms with E-state index in [-0.39, 0.29) is 78.0 Å². The van der Waals surface area contributed by atoms with E-state index in [0.29, 0.717) is 52.2 Å². The third-order valence-corrected chi connectivity index (χ3v) is 10.2. The zero-order valence-corrected chi connectivity index (χ0v) is 38.6. The summed E-state index contributed by atoms with van der Waals surface area (Å²) in [5, 5.41) is 3.27. The Morgan fingerprint density at radius 2 is 0.727 bits per heavy atom. The fourth-order valence-electron chi connectivity index (χ4n) is 6.67. The molecule has 0 bridgehead atoms. The van der Waals surface area contributed by atoms with Gasteiger partial charge in [-0.15, -0.1) is 0 Å². The number of hydrogen-bond donors (Lipinski definition) is 1. The second-order valence-electron chi connectivity index (χ2n) is 15.8. The van der Waals surface area contributed by atoms with E-state index in [1.807, 2.05) is 84.9 Å². The van der Waals surface area contributed by atoms with Crippen LogP contribution in [0.3, 0.4) is 0 Å². The van der Waals surface area contributed by atoms with E-state index in [4.69, 9.17) is 42.6 Å². The van der Waals surface area contributed by atoms with Crippen molar-refractivity contribution in [2.24, 2.45) is 0 Å². The Hall–Kier alpha value is -4.99. The van der Waals surface area contributed by atoms with Gasteiger partial charge in [-0.3, -0.25) is 14.4 Å². The maximum atomic E-state index is 12.8. The molecule has 13 nitrogen and oxygen atoms in total. The van der Waals surface area contributed by atoms with Crippen LogP contribution in [0.25, 0.3) is 0 Å². The van der Waals surface area contributed by atoms with Crippen molar-refractivity contribution in [2.75, 3.05) is 79.7 Å². The summed E-state index contributed by atoms with van der Waals surface area (Å²) < 4.78 is 50.8. The van der Waals surface area contributed by atoms with E-state index in [0.717, 1.165) is 44.1 Å². The zero-order valence-electron chi connectivity index (χ0n) is 38.6. The molecular weight excluding hydrogens is 843 g/mol. The Morgan fingerprint density at radius 1 is 0.379 bits per heavy atom. The summed E-state index contributed by atoms with van der Waals surface area (Å²) in [4.78, 5) is 38.1. The quantitative estimate of drug-likeness (QED) is 0.0200. The zero-order chi connectivity index (χ0) is 46.4. The number of rotatable bonds is 39. The van der Waals surface area contributed by atoms with Gasteiger partial charge in [-0.1, -0.05) is 121 Å². The molecule has 0 spiro atoms. The largest absolute Gasteiger partial charge is 0.462 e. The van der Waals surface area contributed by atoms with Crippen LogP contribution in [0.1, 0.15) is 73.6 Å². The van der Waals surface area contributed by atoms with E-state index in [1.54, 1.807) is 0 Å². The maximum Gasteiger partial charge on any atom is 0.306 e. The number of benzene rings is 4. The van der Waals surface area contributed by atoms with Crippen LogP contribution in [-0.2, 0) is 82.7 Å². The van der Waals surface area contributed by atoms with Gasteiger partial charge in [-0.2, -0.15) is 0 Å². The lowest BCUT2D eigenvalue weighted by atomic mass is 10.1. The van der Waals surface area contributed by atoms with Gasteiger partial charge in [0, 0.05) is 39.1 Å². The Morgan fingerprint density at radius 3 is 1.11 bits per heavy atom. The number of carbonyl (C=O) groups is 3. The molecule has 0 amide bonds. The van der Waals surface area contributed by atoms with Gasteiger partial charge in [0.25, 0.3) is 0 Å². The number of hydrogen-bond acceptors (Lipinski definition) is 13. The van der Waals surface area contributed by atoms with Gasteiger partial charge in [0.05, 0.1) is 19.8 Å². The number of carbonyl (C=O) groups excluding carboxylic acids is 3. The van der Waals surface area contributed by atoms with Crippen LogP contribution in [-0.4, -0.2) is 110 Å². The molecule has 1 unspecified atom stereocenters. The van der Waals surface area contributed by atoms with Crippen molar-refractivity contribution in [1.82, 2.24) is 5.32 Å². The summed E-state index contributed by atoms with van der Waals surface area (Å²) in [5.41, 5.74) is 4.80. The molecule has 4 aromatic carbocycles. The van der Waals surface area contributed by atoms with Crippen LogP contribution >= 0.6 is 0 Å². The lowest BCUT2D eigenvalue weighted by Crippen LogP contribution is -2.30. The van der Waals surface area contributed by atoms with Crippen LogP contribution in [0.2, 0.25) is 0 Å². The molecule has 1 N–H and O–H groups in total. The molecule has 0 radical (unpaired) electrons. The third-order valence-electron chi connectivity index (χ3n) is 10.2. The summed E-state index contributed by atoms with van der Waals surface area (Å²) in [5.74, 6) is -1.17. The highest BCUT2D eigenvalue weighted by Gasteiger charge is 2.19. The summed E-state index contributed by atoms with van der Waals surface area (Å²) in [7, 11) is 0. The molecule has 0 aliphatic rings. The topological polar surface area (TPSA) is 146 Å². The van der Waals surface area contributed by atoms with E-state index in [1.165, 1.54) is 16.7 Å². The molecule has 0 aliphatic carbocycles. The van der Waals surface area contributed by atoms with Gasteiger partial charge < -0.3 is 47.9 Å². The Bertz CT molecular complexity index is 1750. The highest BCUT2D eigenvalue weighted by molar-refractivity contribution is 5.71. The minimum Gasteiger partial charge on any atom is -0.462 e. The van der Waals surface area contributed by atoms with Crippen LogP contribution in [0, 0.1) is 0 Å². The smallest absolute Gasteiger partial charge is 0.306 e. The lowest BCUT2D eigenvalue weighted by Gasteiger charge is -2.19. The molecule has 4 rings (SSSR count). The Balaban J connectivity index is 1.08. The van der Waals surface area contributed by atoms with Crippen molar-refractivity contribution in [3.8, 4) is 0 Å². The average molecular weight is 914 g/mol. The summed E-state index contributed by atoms with van der Waals surface area (Å²) in [6, 6.07) is 40.4. The molecule has 0 saturated carbocycles. The van der Waals surface area contributed by atoms with Crippen molar-refractivity contribution in [3.05, 3.63) is 144 Å². The monoisotopic (exact) mass is 913 g/mol. The first-order valence-corrected chi connectivity index (χ1v) is 23.4. The first kappa shape index (κ1) is 53.6. The summed E-state index contributed by atoms with van der Waals surface area (Å²) in [6.07, 6.45) is 6.06. The van der Waals surface area contributed by atoms with Gasteiger partial charge in [0.15, 0.2) is 6.10 Å². The number of esters is 3. The summed E-state index contributed by atoms with van der Waals surface area (Å²) in [6.45, 7) is 3.06. The van der Waals surface area contributed by atoms with Gasteiger partial charge in [0.1, 0.15) is 33.1 Å². The summed E-state index contributed by atoms with van der Waals surface area (Å²) >= 11 is 0. The fourth-order valence-corrected chi connectivity index (χ4v) is 6.67. The molecule has 4 aromatic rings. The molecule has 360 valence electrons. The van der Waals surface area contributed by atoms with Crippen LogP contribution in [0.5, 0.6) is 0 Å². The van der Waals surface area contributed by atoms with Crippen LogP contribution in [0.4, 0.5) is 0 Å². The van der Waals surface area contributed by atoms with E-state index < -0.39 is 18.2 Å². The van der Waals surface area contributed by atoms with Crippen molar-refractivity contribution < 1.29 is 57.0 Å². The van der Waals surface area contributed by atoms with Gasteiger partial charge >= 0.3 is 17.9 Å². The van der Waals surface area contributed by atoms with E-state index >= 15 is 0 Å². The third kappa shape index (κ3) is 27.5. The first-order chi connectivity index (χ1) is 32.5. The number of aryl methyl sites for hydroxylation is 4. The van der Waals surface area contributed by atoms with Gasteiger partial charge in [0.2, 0.25) is 0 Å². The SMILES string of the molecule is O=C(CCc1ccccc1)OCC(COCOCCCc1ccccc1)OC(=O)CCCNCCCC(=O)OC(COCOCCCc1ccccc1)COCOCCCc1ccccc1. The van der Waals surface area contributed by atoms with Gasteiger partial charge in [-0.05, 0) is 93.1 Å². The number of ether oxygens (including phenoxy) is 9. The second kappa shape index (κ2) is 36.2. The minimum absolute atomic E-state index is 0.0236. The molecule has 66 heavy (non-hydrogen) atoms. The first-order valence-electron chi connectivity index (χ1n) is 23.4.